The molecule has 104 valence electrons. The van der Waals surface area contributed by atoms with Crippen LogP contribution in [-0.2, 0) is 11.2 Å². The van der Waals surface area contributed by atoms with Crippen molar-refractivity contribution in [1.82, 2.24) is 5.32 Å². The molecule has 1 aromatic rings. The fraction of sp³-hybridized carbons (Fsp3) is 0.714. The van der Waals surface area contributed by atoms with Crippen molar-refractivity contribution >= 4 is 0 Å². The Bertz CT molecular complexity index is 287. The maximum Gasteiger partial charge on any atom is 0.105 e. The summed E-state index contributed by atoms with van der Waals surface area (Å²) in [5.74, 6) is 0.962. The van der Waals surface area contributed by atoms with Crippen molar-refractivity contribution in [1.29, 1.82) is 0 Å². The second-order valence-corrected chi connectivity index (χ2v) is 4.68. The highest BCUT2D eigenvalue weighted by molar-refractivity contribution is 4.99. The van der Waals surface area contributed by atoms with Gasteiger partial charge < -0.3 is 19.6 Å². The fourth-order valence-corrected chi connectivity index (χ4v) is 1.66. The molecule has 0 aliphatic rings. The average molecular weight is 255 g/mol. The minimum Gasteiger partial charge on any atom is -0.469 e. The van der Waals surface area contributed by atoms with E-state index in [9.17, 15) is 5.11 Å². The van der Waals surface area contributed by atoms with Gasteiger partial charge in [0.05, 0.1) is 19.0 Å². The zero-order valence-corrected chi connectivity index (χ0v) is 11.4. The highest BCUT2D eigenvalue weighted by Crippen LogP contribution is 2.03. The van der Waals surface area contributed by atoms with Crippen molar-refractivity contribution in [3.63, 3.8) is 0 Å². The lowest BCUT2D eigenvalue weighted by molar-refractivity contribution is 0.0348. The zero-order valence-electron chi connectivity index (χ0n) is 11.4. The van der Waals surface area contributed by atoms with E-state index in [0.29, 0.717) is 13.2 Å². The number of ether oxygens (including phenoxy) is 1. The van der Waals surface area contributed by atoms with E-state index in [1.54, 1.807) is 6.26 Å². The lowest BCUT2D eigenvalue weighted by atomic mass is 10.2. The molecule has 1 heterocycles. The van der Waals surface area contributed by atoms with Crippen LogP contribution in [0.1, 0.15) is 32.4 Å². The molecule has 1 aromatic heterocycles. The van der Waals surface area contributed by atoms with Gasteiger partial charge in [-0.1, -0.05) is 13.3 Å². The Morgan fingerprint density at radius 1 is 1.50 bits per heavy atom. The largest absolute Gasteiger partial charge is 0.469 e. The van der Waals surface area contributed by atoms with Crippen molar-refractivity contribution < 1.29 is 14.3 Å². The SMILES string of the molecule is CCCCOCC(O)CNC(C)Cc1ccco1. The normalized spacial score (nSPS) is 14.6. The molecule has 4 heteroatoms. The van der Waals surface area contributed by atoms with Crippen LogP contribution in [0.3, 0.4) is 0 Å². The summed E-state index contributed by atoms with van der Waals surface area (Å²) in [7, 11) is 0. The summed E-state index contributed by atoms with van der Waals surface area (Å²) in [5.41, 5.74) is 0. The molecule has 0 saturated carbocycles. The molecule has 2 atom stereocenters. The number of aliphatic hydroxyl groups is 1. The second-order valence-electron chi connectivity index (χ2n) is 4.68. The van der Waals surface area contributed by atoms with Crippen molar-refractivity contribution in [2.24, 2.45) is 0 Å². The van der Waals surface area contributed by atoms with Crippen molar-refractivity contribution in [3.05, 3.63) is 24.2 Å². The van der Waals surface area contributed by atoms with Crippen molar-refractivity contribution in [2.75, 3.05) is 19.8 Å². The first-order chi connectivity index (χ1) is 8.72. The predicted octanol–water partition coefficient (Wildman–Crippen LogP) is 1.98. The number of furan rings is 1. The number of rotatable bonds is 10. The molecular weight excluding hydrogens is 230 g/mol. The van der Waals surface area contributed by atoms with Crippen LogP contribution in [0.5, 0.6) is 0 Å². The quantitative estimate of drug-likeness (QED) is 0.628. The number of hydrogen-bond donors (Lipinski definition) is 2. The third kappa shape index (κ3) is 6.79. The third-order valence-electron chi connectivity index (χ3n) is 2.74. The van der Waals surface area contributed by atoms with Crippen LogP contribution >= 0.6 is 0 Å². The van der Waals surface area contributed by atoms with Crippen molar-refractivity contribution in [2.45, 2.75) is 45.3 Å². The Hall–Kier alpha value is -0.840. The van der Waals surface area contributed by atoms with E-state index in [1.807, 2.05) is 12.1 Å². The number of unbranched alkanes of at least 4 members (excludes halogenated alkanes) is 1. The van der Waals surface area contributed by atoms with E-state index in [-0.39, 0.29) is 6.04 Å². The van der Waals surface area contributed by atoms with Crippen LogP contribution in [0.25, 0.3) is 0 Å². The lowest BCUT2D eigenvalue weighted by Crippen LogP contribution is -2.37. The van der Waals surface area contributed by atoms with E-state index in [2.05, 4.69) is 19.2 Å². The van der Waals surface area contributed by atoms with Gasteiger partial charge in [-0.25, -0.2) is 0 Å². The topological polar surface area (TPSA) is 54.6 Å². The Kier molecular flexibility index (Phi) is 7.73. The molecule has 0 bridgehead atoms. The summed E-state index contributed by atoms with van der Waals surface area (Å²) >= 11 is 0. The molecule has 0 spiro atoms. The average Bonchev–Trinajstić information content (AvgIpc) is 2.85. The predicted molar refractivity (Wildman–Crippen MR) is 71.6 cm³/mol. The van der Waals surface area contributed by atoms with Gasteiger partial charge in [0.25, 0.3) is 0 Å². The Balaban J connectivity index is 2.04. The Morgan fingerprint density at radius 2 is 2.33 bits per heavy atom. The van der Waals surface area contributed by atoms with E-state index in [0.717, 1.165) is 31.6 Å². The summed E-state index contributed by atoms with van der Waals surface area (Å²) in [6.45, 7) is 5.88. The first-order valence-electron chi connectivity index (χ1n) is 6.74. The van der Waals surface area contributed by atoms with Gasteiger partial charge in [-0.2, -0.15) is 0 Å². The molecule has 18 heavy (non-hydrogen) atoms. The van der Waals surface area contributed by atoms with Gasteiger partial charge in [-0.15, -0.1) is 0 Å². The highest BCUT2D eigenvalue weighted by Gasteiger charge is 2.08. The molecule has 4 nitrogen and oxygen atoms in total. The van der Waals surface area contributed by atoms with Crippen LogP contribution in [-0.4, -0.2) is 37.0 Å². The van der Waals surface area contributed by atoms with Gasteiger partial charge in [0.15, 0.2) is 0 Å². The third-order valence-corrected chi connectivity index (χ3v) is 2.74. The van der Waals surface area contributed by atoms with Gasteiger partial charge in [0.1, 0.15) is 5.76 Å². The molecule has 0 fully saturated rings. The smallest absolute Gasteiger partial charge is 0.105 e. The molecule has 0 radical (unpaired) electrons. The van der Waals surface area contributed by atoms with Crippen LogP contribution in [0, 0.1) is 0 Å². The monoisotopic (exact) mass is 255 g/mol. The number of hydrogen-bond acceptors (Lipinski definition) is 4. The van der Waals surface area contributed by atoms with E-state index >= 15 is 0 Å². The van der Waals surface area contributed by atoms with Gasteiger partial charge >= 0.3 is 0 Å². The highest BCUT2D eigenvalue weighted by atomic mass is 16.5. The number of aliphatic hydroxyl groups excluding tert-OH is 1. The molecule has 2 unspecified atom stereocenters. The number of nitrogens with one attached hydrogen (secondary N) is 1. The Morgan fingerprint density at radius 3 is 3.00 bits per heavy atom. The molecule has 0 amide bonds. The van der Waals surface area contributed by atoms with Crippen LogP contribution in [0.15, 0.2) is 22.8 Å². The van der Waals surface area contributed by atoms with Crippen LogP contribution in [0.4, 0.5) is 0 Å². The summed E-state index contributed by atoms with van der Waals surface area (Å²) in [6, 6.07) is 4.13. The molecular formula is C14H25NO3. The molecule has 0 saturated heterocycles. The summed E-state index contributed by atoms with van der Waals surface area (Å²) in [5, 5.41) is 13.0. The molecule has 0 aliphatic carbocycles. The van der Waals surface area contributed by atoms with Gasteiger partial charge in [-0.05, 0) is 25.5 Å². The first-order valence-corrected chi connectivity index (χ1v) is 6.74. The minimum atomic E-state index is -0.444. The van der Waals surface area contributed by atoms with Crippen LogP contribution in [0.2, 0.25) is 0 Å². The lowest BCUT2D eigenvalue weighted by Gasteiger charge is -2.16. The standard InChI is InChI=1S/C14H25NO3/c1-3-4-7-17-11-13(16)10-15-12(2)9-14-6-5-8-18-14/h5-6,8,12-13,15-16H,3-4,7,9-11H2,1-2H3. The van der Waals surface area contributed by atoms with Crippen molar-refractivity contribution in [3.8, 4) is 0 Å². The van der Waals surface area contributed by atoms with E-state index < -0.39 is 6.10 Å². The minimum absolute atomic E-state index is 0.279. The zero-order chi connectivity index (χ0) is 13.2. The summed E-state index contributed by atoms with van der Waals surface area (Å²) in [6.07, 6.45) is 4.24. The van der Waals surface area contributed by atoms with Crippen LogP contribution < -0.4 is 5.32 Å². The molecule has 2 N–H and O–H groups in total. The van der Waals surface area contributed by atoms with E-state index in [1.165, 1.54) is 0 Å². The second kappa shape index (κ2) is 9.14. The first kappa shape index (κ1) is 15.2. The summed E-state index contributed by atoms with van der Waals surface area (Å²) in [4.78, 5) is 0. The van der Waals surface area contributed by atoms with E-state index in [4.69, 9.17) is 9.15 Å². The molecule has 1 rings (SSSR count). The van der Waals surface area contributed by atoms with Gasteiger partial charge in [0.2, 0.25) is 0 Å². The van der Waals surface area contributed by atoms with Gasteiger partial charge in [0, 0.05) is 25.6 Å². The fourth-order valence-electron chi connectivity index (χ4n) is 1.66. The molecule has 0 aliphatic heterocycles. The molecule has 0 aromatic carbocycles. The maximum atomic E-state index is 9.71. The van der Waals surface area contributed by atoms with Gasteiger partial charge in [-0.3, -0.25) is 0 Å². The summed E-state index contributed by atoms with van der Waals surface area (Å²) < 4.78 is 10.6. The Labute approximate surface area is 109 Å². The maximum absolute atomic E-state index is 9.71.